The molecule has 1 unspecified atom stereocenters. The fourth-order valence-electron chi connectivity index (χ4n) is 3.25. The standard InChI is InChI=1S/C20H22N4O4/c1-2-3-4-7-12-23-13-14(15-8-5-6-9-16(15)23)10-11-17-21-19(25)18(24(27)28)20(26)22-17/h5-6,8-11,13,18H,2-4,7,12H2,1H3,(H,21,22,25,26)/b11-10+. The number of carbonyl (C=O) groups is 2. The lowest BCUT2D eigenvalue weighted by Crippen LogP contribution is -2.50. The molecule has 3 rings (SSSR count). The molecule has 8 nitrogen and oxygen atoms in total. The summed E-state index contributed by atoms with van der Waals surface area (Å²) in [5, 5.41) is 14.1. The molecule has 8 heteroatoms. The third-order valence-corrected chi connectivity index (χ3v) is 4.67. The largest absolute Gasteiger partial charge is 0.368 e. The molecule has 1 aliphatic heterocycles. The Morgan fingerprint density at radius 3 is 2.71 bits per heavy atom. The van der Waals surface area contributed by atoms with E-state index in [0.717, 1.165) is 29.4 Å². The first-order valence-corrected chi connectivity index (χ1v) is 9.34. The normalized spacial score (nSPS) is 17.2. The summed E-state index contributed by atoms with van der Waals surface area (Å²) in [6, 6.07) is 6.03. The number of amidine groups is 1. The lowest BCUT2D eigenvalue weighted by molar-refractivity contribution is -0.493. The number of fused-ring (bicyclic) bond motifs is 1. The molecule has 1 aromatic carbocycles. The van der Waals surface area contributed by atoms with Crippen LogP contribution < -0.4 is 5.32 Å². The highest BCUT2D eigenvalue weighted by Crippen LogP contribution is 2.23. The zero-order chi connectivity index (χ0) is 20.1. The van der Waals surface area contributed by atoms with Gasteiger partial charge in [-0.3, -0.25) is 19.7 Å². The van der Waals surface area contributed by atoms with Crippen LogP contribution in [0.15, 0.2) is 41.5 Å². The van der Waals surface area contributed by atoms with Crippen molar-refractivity contribution in [1.29, 1.82) is 0 Å². The van der Waals surface area contributed by atoms with Gasteiger partial charge in [0.05, 0.1) is 0 Å². The highest BCUT2D eigenvalue weighted by atomic mass is 16.6. The molecule has 0 bridgehead atoms. The van der Waals surface area contributed by atoms with Crippen LogP contribution in [0.1, 0.15) is 38.2 Å². The molecule has 0 saturated heterocycles. The Labute approximate surface area is 162 Å². The second-order valence-corrected chi connectivity index (χ2v) is 6.70. The van der Waals surface area contributed by atoms with Crippen molar-refractivity contribution in [3.05, 3.63) is 52.2 Å². The monoisotopic (exact) mass is 382 g/mol. The number of carbonyl (C=O) groups excluding carboxylic acids is 2. The SMILES string of the molecule is CCCCCCn1cc(/C=C/C2=NC(=O)C([N+](=O)[O-])C(=O)N2)c2ccccc21. The molecule has 28 heavy (non-hydrogen) atoms. The molecule has 146 valence electrons. The maximum Gasteiger partial charge on any atom is 0.368 e. The van der Waals surface area contributed by atoms with Crippen LogP contribution in [0.3, 0.4) is 0 Å². The van der Waals surface area contributed by atoms with Gasteiger partial charge in [0.25, 0.3) is 0 Å². The van der Waals surface area contributed by atoms with Gasteiger partial charge in [-0.1, -0.05) is 44.4 Å². The van der Waals surface area contributed by atoms with Crippen molar-refractivity contribution in [1.82, 2.24) is 9.88 Å². The van der Waals surface area contributed by atoms with Crippen molar-refractivity contribution < 1.29 is 14.5 Å². The highest BCUT2D eigenvalue weighted by molar-refractivity contribution is 6.21. The van der Waals surface area contributed by atoms with Gasteiger partial charge < -0.3 is 9.88 Å². The van der Waals surface area contributed by atoms with Crippen molar-refractivity contribution in [3.63, 3.8) is 0 Å². The van der Waals surface area contributed by atoms with Gasteiger partial charge in [-0.25, -0.2) is 0 Å². The number of aromatic nitrogens is 1. The minimum Gasteiger partial charge on any atom is -0.347 e. The molecule has 2 heterocycles. The summed E-state index contributed by atoms with van der Waals surface area (Å²) in [5.74, 6) is -2.03. The molecule has 0 spiro atoms. The molecule has 1 N–H and O–H groups in total. The van der Waals surface area contributed by atoms with Crippen LogP contribution in [0.5, 0.6) is 0 Å². The molecule has 0 aliphatic carbocycles. The Balaban J connectivity index is 1.82. The number of aryl methyl sites for hydroxylation is 1. The summed E-state index contributed by atoms with van der Waals surface area (Å²) in [6.07, 6.45) is 9.94. The van der Waals surface area contributed by atoms with Crippen LogP contribution >= 0.6 is 0 Å². The maximum absolute atomic E-state index is 11.8. The fraction of sp³-hybridized carbons (Fsp3) is 0.350. The molecule has 0 radical (unpaired) electrons. The molecular weight excluding hydrogens is 360 g/mol. The molecule has 2 aromatic rings. The van der Waals surface area contributed by atoms with Gasteiger partial charge in [-0.15, -0.1) is 0 Å². The molecule has 1 atom stereocenters. The minimum atomic E-state index is -1.97. The number of hydrogen-bond acceptors (Lipinski definition) is 4. The second kappa shape index (κ2) is 8.60. The summed E-state index contributed by atoms with van der Waals surface area (Å²) >= 11 is 0. The van der Waals surface area contributed by atoms with Crippen LogP contribution in [0.25, 0.3) is 17.0 Å². The van der Waals surface area contributed by atoms with Crippen LogP contribution in [0.2, 0.25) is 0 Å². The van der Waals surface area contributed by atoms with Crippen molar-refractivity contribution in [2.45, 2.75) is 45.2 Å². The molecule has 0 saturated carbocycles. The zero-order valence-electron chi connectivity index (χ0n) is 15.6. The van der Waals surface area contributed by atoms with E-state index in [4.69, 9.17) is 0 Å². The molecule has 1 aliphatic rings. The highest BCUT2D eigenvalue weighted by Gasteiger charge is 2.41. The average molecular weight is 382 g/mol. The first kappa shape index (κ1) is 19.5. The number of amides is 2. The average Bonchev–Trinajstić information content (AvgIpc) is 3.01. The zero-order valence-corrected chi connectivity index (χ0v) is 15.6. The number of rotatable bonds is 8. The number of benzene rings is 1. The predicted octanol–water partition coefficient (Wildman–Crippen LogP) is 2.94. The summed E-state index contributed by atoms with van der Waals surface area (Å²) in [4.78, 5) is 36.9. The van der Waals surface area contributed by atoms with Crippen LogP contribution in [0.4, 0.5) is 0 Å². The molecule has 2 amide bonds. The smallest absolute Gasteiger partial charge is 0.347 e. The van der Waals surface area contributed by atoms with E-state index in [-0.39, 0.29) is 5.84 Å². The Hall–Kier alpha value is -3.29. The maximum atomic E-state index is 11.8. The Kier molecular flexibility index (Phi) is 5.98. The summed E-state index contributed by atoms with van der Waals surface area (Å²) in [6.45, 7) is 3.09. The Morgan fingerprint density at radius 2 is 2.00 bits per heavy atom. The van der Waals surface area contributed by atoms with Gasteiger partial charge in [0.1, 0.15) is 5.84 Å². The van der Waals surface area contributed by atoms with Crippen molar-refractivity contribution in [2.75, 3.05) is 0 Å². The predicted molar refractivity (Wildman–Crippen MR) is 106 cm³/mol. The van der Waals surface area contributed by atoms with E-state index in [1.54, 1.807) is 6.08 Å². The topological polar surface area (TPSA) is 107 Å². The number of para-hydroxylation sites is 1. The lowest BCUT2D eigenvalue weighted by atomic mass is 10.1. The van der Waals surface area contributed by atoms with Crippen LogP contribution in [-0.2, 0) is 16.1 Å². The third-order valence-electron chi connectivity index (χ3n) is 4.67. The van der Waals surface area contributed by atoms with Gasteiger partial charge in [0, 0.05) is 34.1 Å². The van der Waals surface area contributed by atoms with Gasteiger partial charge in [-0.05, 0) is 24.6 Å². The lowest BCUT2D eigenvalue weighted by Gasteiger charge is -2.12. The number of unbranched alkanes of at least 4 members (excludes halogenated alkanes) is 3. The van der Waals surface area contributed by atoms with Crippen molar-refractivity contribution in [2.24, 2.45) is 4.99 Å². The number of aliphatic imine (C=N–C) groups is 1. The third kappa shape index (κ3) is 4.16. The minimum absolute atomic E-state index is 0.00729. The van der Waals surface area contributed by atoms with Gasteiger partial charge in [-0.2, -0.15) is 4.99 Å². The van der Waals surface area contributed by atoms with E-state index in [1.165, 1.54) is 25.3 Å². The van der Waals surface area contributed by atoms with Gasteiger partial charge >= 0.3 is 17.9 Å². The number of nitrogens with one attached hydrogen (secondary N) is 1. The number of nitro groups is 1. The van der Waals surface area contributed by atoms with Crippen molar-refractivity contribution >= 4 is 34.6 Å². The van der Waals surface area contributed by atoms with Crippen molar-refractivity contribution in [3.8, 4) is 0 Å². The van der Waals surface area contributed by atoms with Gasteiger partial charge in [0.2, 0.25) is 0 Å². The molecule has 0 fully saturated rings. The quantitative estimate of drug-likeness (QED) is 0.328. The Bertz CT molecular complexity index is 974. The number of nitrogens with zero attached hydrogens (tertiary/aromatic N) is 3. The van der Waals surface area contributed by atoms with E-state index < -0.39 is 22.8 Å². The first-order valence-electron chi connectivity index (χ1n) is 9.34. The van der Waals surface area contributed by atoms with E-state index in [2.05, 4.69) is 27.9 Å². The van der Waals surface area contributed by atoms with Crippen LogP contribution in [-0.4, -0.2) is 33.2 Å². The van der Waals surface area contributed by atoms with Crippen LogP contribution in [0, 0.1) is 10.1 Å². The summed E-state index contributed by atoms with van der Waals surface area (Å²) in [5.41, 5.74) is 2.03. The number of hydrogen-bond donors (Lipinski definition) is 1. The summed E-state index contributed by atoms with van der Waals surface area (Å²) < 4.78 is 2.19. The van der Waals surface area contributed by atoms with E-state index >= 15 is 0 Å². The van der Waals surface area contributed by atoms with E-state index in [0.29, 0.717) is 0 Å². The first-order chi connectivity index (χ1) is 13.5. The van der Waals surface area contributed by atoms with E-state index in [1.807, 2.05) is 24.4 Å². The van der Waals surface area contributed by atoms with E-state index in [9.17, 15) is 19.7 Å². The summed E-state index contributed by atoms with van der Waals surface area (Å²) in [7, 11) is 0. The molecular formula is C20H22N4O4. The molecule has 1 aromatic heterocycles. The second-order valence-electron chi connectivity index (χ2n) is 6.70. The fourth-order valence-corrected chi connectivity index (χ4v) is 3.25. The Morgan fingerprint density at radius 1 is 1.21 bits per heavy atom. The van der Waals surface area contributed by atoms with Gasteiger partial charge in [0.15, 0.2) is 0 Å².